The van der Waals surface area contributed by atoms with Crippen molar-refractivity contribution in [1.82, 2.24) is 29.7 Å². The number of benzene rings is 1. The van der Waals surface area contributed by atoms with Crippen LogP contribution in [0.3, 0.4) is 0 Å². The monoisotopic (exact) mass is 477 g/mol. The number of aromatic nitrogens is 4. The van der Waals surface area contributed by atoms with Gasteiger partial charge in [0.05, 0.1) is 6.04 Å². The highest BCUT2D eigenvalue weighted by Crippen LogP contribution is 2.32. The van der Waals surface area contributed by atoms with Gasteiger partial charge in [0.1, 0.15) is 12.1 Å². The topological polar surface area (TPSA) is 115 Å². The SMILES string of the molecule is CCC(=O)N1CCN(c2ccnc(-n3ccnc3)n2)C(CC(=O)NCc2ccc3c(c2)OCO3)C1. The highest BCUT2D eigenvalue weighted by Gasteiger charge is 2.31. The van der Waals surface area contributed by atoms with Crippen molar-refractivity contribution in [2.75, 3.05) is 31.3 Å². The Morgan fingerprint density at radius 2 is 2.03 bits per heavy atom. The molecule has 4 heterocycles. The lowest BCUT2D eigenvalue weighted by Gasteiger charge is -2.42. The second-order valence-electron chi connectivity index (χ2n) is 8.39. The molecule has 2 aliphatic rings. The summed E-state index contributed by atoms with van der Waals surface area (Å²) in [5.41, 5.74) is 0.923. The molecule has 35 heavy (non-hydrogen) atoms. The fourth-order valence-corrected chi connectivity index (χ4v) is 4.32. The van der Waals surface area contributed by atoms with E-state index in [0.717, 1.165) is 5.56 Å². The molecule has 1 atom stereocenters. The Morgan fingerprint density at radius 3 is 2.86 bits per heavy atom. The molecule has 0 aliphatic carbocycles. The van der Waals surface area contributed by atoms with E-state index in [4.69, 9.17) is 14.5 Å². The van der Waals surface area contributed by atoms with Gasteiger partial charge < -0.3 is 24.6 Å². The van der Waals surface area contributed by atoms with Crippen molar-refractivity contribution in [2.24, 2.45) is 0 Å². The summed E-state index contributed by atoms with van der Waals surface area (Å²) in [5, 5.41) is 2.99. The first kappa shape index (κ1) is 22.6. The molecule has 1 N–H and O–H groups in total. The zero-order valence-electron chi connectivity index (χ0n) is 19.5. The first-order chi connectivity index (χ1) is 17.1. The Labute approximate surface area is 202 Å². The van der Waals surface area contributed by atoms with Gasteiger partial charge in [0.15, 0.2) is 11.5 Å². The van der Waals surface area contributed by atoms with Gasteiger partial charge in [-0.05, 0) is 23.8 Å². The van der Waals surface area contributed by atoms with Crippen molar-refractivity contribution in [1.29, 1.82) is 0 Å². The summed E-state index contributed by atoms with van der Waals surface area (Å²) in [7, 11) is 0. The summed E-state index contributed by atoms with van der Waals surface area (Å²) in [5.74, 6) is 2.57. The maximum atomic E-state index is 13.0. The standard InChI is InChI=1S/C24H27N7O4/c1-2-23(33)29-9-10-31(21-5-6-26-24(28-21)30-8-7-25-15-30)18(14-29)12-22(32)27-13-17-3-4-19-20(11-17)35-16-34-19/h3-8,11,15,18H,2,9-10,12-14,16H2,1H3,(H,27,32). The second kappa shape index (κ2) is 10.00. The number of hydrogen-bond acceptors (Lipinski definition) is 8. The van der Waals surface area contributed by atoms with E-state index in [1.807, 2.05) is 36.1 Å². The predicted molar refractivity (Wildman–Crippen MR) is 126 cm³/mol. The van der Waals surface area contributed by atoms with Crippen LogP contribution in [0.25, 0.3) is 5.95 Å². The first-order valence-electron chi connectivity index (χ1n) is 11.6. The molecule has 0 spiro atoms. The minimum atomic E-state index is -0.221. The Kier molecular flexibility index (Phi) is 6.47. The zero-order chi connectivity index (χ0) is 24.2. The molecule has 5 rings (SSSR count). The van der Waals surface area contributed by atoms with Gasteiger partial charge in [-0.2, -0.15) is 4.98 Å². The summed E-state index contributed by atoms with van der Waals surface area (Å²) < 4.78 is 12.5. The molecule has 1 aromatic carbocycles. The molecule has 1 fully saturated rings. The second-order valence-corrected chi connectivity index (χ2v) is 8.39. The molecule has 2 aromatic heterocycles. The van der Waals surface area contributed by atoms with Crippen LogP contribution in [0.1, 0.15) is 25.3 Å². The van der Waals surface area contributed by atoms with Crippen molar-refractivity contribution in [3.63, 3.8) is 0 Å². The van der Waals surface area contributed by atoms with Gasteiger partial charge >= 0.3 is 0 Å². The van der Waals surface area contributed by atoms with Gasteiger partial charge in [-0.15, -0.1) is 0 Å². The van der Waals surface area contributed by atoms with Gasteiger partial charge in [-0.3, -0.25) is 14.2 Å². The highest BCUT2D eigenvalue weighted by atomic mass is 16.7. The quantitative estimate of drug-likeness (QED) is 0.545. The van der Waals surface area contributed by atoms with Gasteiger partial charge in [0.2, 0.25) is 24.6 Å². The lowest BCUT2D eigenvalue weighted by molar-refractivity contribution is -0.132. The van der Waals surface area contributed by atoms with Crippen LogP contribution >= 0.6 is 0 Å². The largest absolute Gasteiger partial charge is 0.454 e. The number of rotatable bonds is 7. The summed E-state index contributed by atoms with van der Waals surface area (Å²) >= 11 is 0. The average Bonchev–Trinajstić information content (AvgIpc) is 3.59. The van der Waals surface area contributed by atoms with Crippen LogP contribution in [-0.2, 0) is 16.1 Å². The number of nitrogens with zero attached hydrogens (tertiary/aromatic N) is 6. The zero-order valence-corrected chi connectivity index (χ0v) is 19.5. The van der Waals surface area contributed by atoms with Crippen molar-refractivity contribution in [2.45, 2.75) is 32.4 Å². The molecular formula is C24H27N7O4. The number of nitrogens with one attached hydrogen (secondary N) is 1. The Morgan fingerprint density at radius 1 is 1.14 bits per heavy atom. The van der Waals surface area contributed by atoms with E-state index in [-0.39, 0.29) is 31.1 Å². The molecule has 0 saturated carbocycles. The van der Waals surface area contributed by atoms with Gasteiger partial charge in [-0.25, -0.2) is 9.97 Å². The lowest BCUT2D eigenvalue weighted by Crippen LogP contribution is -2.56. The number of anilines is 1. The molecule has 182 valence electrons. The average molecular weight is 478 g/mol. The summed E-state index contributed by atoms with van der Waals surface area (Å²) in [4.78, 5) is 42.3. The maximum Gasteiger partial charge on any atom is 0.236 e. The summed E-state index contributed by atoms with van der Waals surface area (Å²) in [6.45, 7) is 4.04. The highest BCUT2D eigenvalue weighted by molar-refractivity contribution is 5.79. The molecule has 3 aromatic rings. The van der Waals surface area contributed by atoms with Gasteiger partial charge in [0, 0.05) is 57.6 Å². The smallest absolute Gasteiger partial charge is 0.236 e. The van der Waals surface area contributed by atoms with Crippen LogP contribution in [0.5, 0.6) is 11.5 Å². The summed E-state index contributed by atoms with van der Waals surface area (Å²) in [6.07, 6.45) is 7.43. The lowest BCUT2D eigenvalue weighted by atomic mass is 10.1. The fraction of sp³-hybridized carbons (Fsp3) is 0.375. The molecular weight excluding hydrogens is 450 g/mol. The number of ether oxygens (including phenoxy) is 2. The molecule has 1 saturated heterocycles. The molecule has 2 amide bonds. The fourth-order valence-electron chi connectivity index (χ4n) is 4.32. The number of imidazole rings is 1. The van der Waals surface area contributed by atoms with Crippen LogP contribution in [0.15, 0.2) is 49.2 Å². The van der Waals surface area contributed by atoms with E-state index >= 15 is 0 Å². The Hall–Kier alpha value is -4.15. The number of piperazine rings is 1. The minimum Gasteiger partial charge on any atom is -0.454 e. The molecule has 0 radical (unpaired) electrons. The van der Waals surface area contributed by atoms with E-state index in [1.165, 1.54) is 0 Å². The third-order valence-corrected chi connectivity index (χ3v) is 6.14. The third kappa shape index (κ3) is 5.03. The van der Waals surface area contributed by atoms with E-state index in [1.54, 1.807) is 29.5 Å². The van der Waals surface area contributed by atoms with Crippen LogP contribution in [0.4, 0.5) is 5.82 Å². The molecule has 0 bridgehead atoms. The molecule has 11 nitrogen and oxygen atoms in total. The predicted octanol–water partition coefficient (Wildman–Crippen LogP) is 1.52. The number of amides is 2. The number of hydrogen-bond donors (Lipinski definition) is 1. The van der Waals surface area contributed by atoms with Crippen LogP contribution in [0, 0.1) is 0 Å². The molecule has 1 unspecified atom stereocenters. The minimum absolute atomic E-state index is 0.0808. The van der Waals surface area contributed by atoms with Crippen molar-refractivity contribution in [3.05, 3.63) is 54.7 Å². The van der Waals surface area contributed by atoms with Crippen molar-refractivity contribution < 1.29 is 19.1 Å². The summed E-state index contributed by atoms with van der Waals surface area (Å²) in [6, 6.07) is 7.22. The van der Waals surface area contributed by atoms with Crippen molar-refractivity contribution >= 4 is 17.6 Å². The number of fused-ring (bicyclic) bond motifs is 1. The molecule has 11 heteroatoms. The first-order valence-corrected chi connectivity index (χ1v) is 11.6. The number of carbonyl (C=O) groups excluding carboxylic acids is 2. The van der Waals surface area contributed by atoms with E-state index < -0.39 is 0 Å². The van der Waals surface area contributed by atoms with Crippen LogP contribution in [0.2, 0.25) is 0 Å². The van der Waals surface area contributed by atoms with E-state index in [9.17, 15) is 9.59 Å². The van der Waals surface area contributed by atoms with Crippen molar-refractivity contribution in [3.8, 4) is 17.4 Å². The molecule has 2 aliphatic heterocycles. The van der Waals surface area contributed by atoms with Crippen LogP contribution in [-0.4, -0.2) is 68.7 Å². The van der Waals surface area contributed by atoms with Gasteiger partial charge in [-0.1, -0.05) is 13.0 Å². The third-order valence-electron chi connectivity index (χ3n) is 6.14. The number of carbonyl (C=O) groups is 2. The van der Waals surface area contributed by atoms with E-state index in [0.29, 0.717) is 55.9 Å². The normalized spacial score (nSPS) is 16.9. The van der Waals surface area contributed by atoms with E-state index in [2.05, 4.69) is 20.2 Å². The maximum absolute atomic E-state index is 13.0. The van der Waals surface area contributed by atoms with Crippen LogP contribution < -0.4 is 19.7 Å². The Balaban J connectivity index is 1.29. The van der Waals surface area contributed by atoms with Gasteiger partial charge in [0.25, 0.3) is 0 Å². The Bertz CT molecular complexity index is 1200.